The van der Waals surface area contributed by atoms with Crippen molar-refractivity contribution in [1.29, 1.82) is 0 Å². The molecule has 2 aromatic rings. The van der Waals surface area contributed by atoms with E-state index in [4.69, 9.17) is 0 Å². The maximum absolute atomic E-state index is 10.6. The van der Waals surface area contributed by atoms with E-state index in [1.807, 2.05) is 50.1 Å². The minimum absolute atomic E-state index is 0.0462. The molecule has 1 fully saturated rings. The van der Waals surface area contributed by atoms with Crippen LogP contribution in [0.3, 0.4) is 0 Å². The first-order valence-electron chi connectivity index (χ1n) is 8.59. The molecule has 0 amide bonds. The zero-order chi connectivity index (χ0) is 19.2. The molecule has 4 N–H and O–H groups in total. The Bertz CT molecular complexity index is 731. The third-order valence-electron chi connectivity index (χ3n) is 5.25. The Kier molecular flexibility index (Phi) is 4.73. The molecule has 140 valence electrons. The first-order chi connectivity index (χ1) is 12.2. The van der Waals surface area contributed by atoms with E-state index in [-0.39, 0.29) is 11.5 Å². The smallest absolute Gasteiger partial charge is 0.121 e. The molecular weight excluding hydrogens is 332 g/mol. The Balaban J connectivity index is 1.86. The van der Waals surface area contributed by atoms with Gasteiger partial charge in [0.1, 0.15) is 11.5 Å². The minimum Gasteiger partial charge on any atom is -0.508 e. The molecule has 26 heavy (non-hydrogen) atoms. The van der Waals surface area contributed by atoms with Gasteiger partial charge in [-0.15, -0.1) is 0 Å². The lowest BCUT2D eigenvalue weighted by atomic mass is 9.63. The van der Waals surface area contributed by atoms with Crippen LogP contribution in [0.4, 0.5) is 11.4 Å². The summed E-state index contributed by atoms with van der Waals surface area (Å²) in [7, 11) is 7.49. The molecule has 3 rings (SSSR count). The molecule has 0 atom stereocenters. The van der Waals surface area contributed by atoms with Crippen LogP contribution in [0.15, 0.2) is 36.4 Å². The van der Waals surface area contributed by atoms with E-state index in [0.717, 1.165) is 11.4 Å². The maximum Gasteiger partial charge on any atom is 0.121 e. The lowest BCUT2D eigenvalue weighted by Gasteiger charge is -2.47. The molecule has 0 aliphatic heterocycles. The summed E-state index contributed by atoms with van der Waals surface area (Å²) in [4.78, 5) is 3.73. The number of aromatic hydroxyl groups is 2. The first kappa shape index (κ1) is 18.4. The van der Waals surface area contributed by atoms with Crippen molar-refractivity contribution in [2.45, 2.75) is 24.0 Å². The standard InChI is InChI=1S/C20H26N2O4/c1-21(2)11-5-7-13(15(23)9-11)17-19(25)18(20(17)26)14-8-6-12(22(3)4)10-16(14)24/h5-10,17-20,23-26H,1-4H3. The quantitative estimate of drug-likeness (QED) is 0.667. The van der Waals surface area contributed by atoms with E-state index in [1.165, 1.54) is 0 Å². The average Bonchev–Trinajstić information content (AvgIpc) is 2.58. The summed E-state index contributed by atoms with van der Waals surface area (Å²) < 4.78 is 0. The van der Waals surface area contributed by atoms with Gasteiger partial charge in [-0.1, -0.05) is 12.1 Å². The number of nitrogens with zero attached hydrogens (tertiary/aromatic N) is 2. The van der Waals surface area contributed by atoms with Crippen LogP contribution in [0.5, 0.6) is 11.5 Å². The monoisotopic (exact) mass is 358 g/mol. The molecule has 0 spiro atoms. The topological polar surface area (TPSA) is 87.4 Å². The summed E-state index contributed by atoms with van der Waals surface area (Å²) in [6, 6.07) is 10.4. The van der Waals surface area contributed by atoms with Crippen molar-refractivity contribution in [2.75, 3.05) is 38.0 Å². The molecule has 0 aromatic heterocycles. The molecule has 0 heterocycles. The van der Waals surface area contributed by atoms with Gasteiger partial charge < -0.3 is 30.2 Å². The summed E-state index contributed by atoms with van der Waals surface area (Å²) in [5, 5.41) is 41.9. The summed E-state index contributed by atoms with van der Waals surface area (Å²) >= 11 is 0. The van der Waals surface area contributed by atoms with Crippen LogP contribution in [0.2, 0.25) is 0 Å². The van der Waals surface area contributed by atoms with E-state index in [1.54, 1.807) is 24.3 Å². The number of hydrogen-bond donors (Lipinski definition) is 4. The first-order valence-corrected chi connectivity index (χ1v) is 8.59. The van der Waals surface area contributed by atoms with Crippen molar-refractivity contribution < 1.29 is 20.4 Å². The van der Waals surface area contributed by atoms with E-state index >= 15 is 0 Å². The predicted molar refractivity (Wildman–Crippen MR) is 102 cm³/mol. The summed E-state index contributed by atoms with van der Waals surface area (Å²) in [5.74, 6) is -1.09. The Morgan fingerprint density at radius 3 is 1.27 bits per heavy atom. The van der Waals surface area contributed by atoms with Gasteiger partial charge in [0.2, 0.25) is 0 Å². The Morgan fingerprint density at radius 1 is 0.654 bits per heavy atom. The third kappa shape index (κ3) is 2.95. The number of rotatable bonds is 4. The van der Waals surface area contributed by atoms with Crippen LogP contribution in [0.1, 0.15) is 23.0 Å². The average molecular weight is 358 g/mol. The molecule has 6 nitrogen and oxygen atoms in total. The highest BCUT2D eigenvalue weighted by Crippen LogP contribution is 2.52. The van der Waals surface area contributed by atoms with Gasteiger partial charge in [0.25, 0.3) is 0 Å². The molecule has 6 heteroatoms. The molecule has 0 saturated heterocycles. The highest BCUT2D eigenvalue weighted by molar-refractivity contribution is 5.57. The SMILES string of the molecule is CN(C)c1ccc(C2C(O)C(c3ccc(N(C)C)cc3O)C2O)c(O)c1. The van der Waals surface area contributed by atoms with Crippen molar-refractivity contribution in [1.82, 2.24) is 0 Å². The van der Waals surface area contributed by atoms with Crippen LogP contribution in [0, 0.1) is 0 Å². The molecule has 0 unspecified atom stereocenters. The van der Waals surface area contributed by atoms with Gasteiger partial charge in [0.15, 0.2) is 0 Å². The van der Waals surface area contributed by atoms with Gasteiger partial charge in [0, 0.05) is 74.7 Å². The van der Waals surface area contributed by atoms with Crippen LogP contribution < -0.4 is 9.80 Å². The van der Waals surface area contributed by atoms with E-state index in [9.17, 15) is 20.4 Å². The Labute approximate surface area is 153 Å². The van der Waals surface area contributed by atoms with Crippen LogP contribution in [-0.2, 0) is 0 Å². The van der Waals surface area contributed by atoms with Crippen molar-refractivity contribution in [3.63, 3.8) is 0 Å². The number of anilines is 2. The lowest BCUT2D eigenvalue weighted by Crippen LogP contribution is -2.51. The van der Waals surface area contributed by atoms with E-state index in [0.29, 0.717) is 11.1 Å². The number of hydrogen-bond acceptors (Lipinski definition) is 6. The fourth-order valence-electron chi connectivity index (χ4n) is 3.63. The van der Waals surface area contributed by atoms with Gasteiger partial charge in [-0.2, -0.15) is 0 Å². The highest BCUT2D eigenvalue weighted by Gasteiger charge is 2.52. The highest BCUT2D eigenvalue weighted by atomic mass is 16.3. The second-order valence-corrected chi connectivity index (χ2v) is 7.31. The van der Waals surface area contributed by atoms with Crippen LogP contribution >= 0.6 is 0 Å². The number of phenolic OH excluding ortho intramolecular Hbond substituents is 2. The predicted octanol–water partition coefficient (Wildman–Crippen LogP) is 1.83. The number of phenols is 2. The number of aliphatic hydroxyl groups is 2. The second-order valence-electron chi connectivity index (χ2n) is 7.31. The van der Waals surface area contributed by atoms with Crippen LogP contribution in [-0.4, -0.2) is 60.8 Å². The molecule has 1 aliphatic rings. The third-order valence-corrected chi connectivity index (χ3v) is 5.25. The summed E-state index contributed by atoms with van der Waals surface area (Å²) in [5.41, 5.74) is 2.69. The lowest BCUT2D eigenvalue weighted by molar-refractivity contribution is -0.0797. The van der Waals surface area contributed by atoms with Gasteiger partial charge in [-0.05, 0) is 12.1 Å². The molecule has 1 saturated carbocycles. The van der Waals surface area contributed by atoms with Gasteiger partial charge in [0.05, 0.1) is 12.2 Å². The zero-order valence-electron chi connectivity index (χ0n) is 15.5. The molecule has 0 bridgehead atoms. The van der Waals surface area contributed by atoms with Crippen molar-refractivity contribution >= 4 is 11.4 Å². The van der Waals surface area contributed by atoms with Crippen molar-refractivity contribution in [2.24, 2.45) is 0 Å². The number of benzene rings is 2. The fourth-order valence-corrected chi connectivity index (χ4v) is 3.63. The van der Waals surface area contributed by atoms with Crippen molar-refractivity contribution in [3.05, 3.63) is 47.5 Å². The summed E-state index contributed by atoms with van der Waals surface area (Å²) in [6.07, 6.45) is -1.78. The molecule has 0 radical (unpaired) electrons. The van der Waals surface area contributed by atoms with Crippen LogP contribution in [0.25, 0.3) is 0 Å². The normalized spacial score (nSPS) is 24.8. The van der Waals surface area contributed by atoms with E-state index < -0.39 is 24.0 Å². The van der Waals surface area contributed by atoms with Gasteiger partial charge in [-0.25, -0.2) is 0 Å². The molecule has 2 aromatic carbocycles. The second kappa shape index (κ2) is 6.70. The zero-order valence-corrected chi connectivity index (χ0v) is 15.5. The van der Waals surface area contributed by atoms with Gasteiger partial charge in [-0.3, -0.25) is 0 Å². The largest absolute Gasteiger partial charge is 0.508 e. The minimum atomic E-state index is -0.891. The Morgan fingerprint density at radius 2 is 1.00 bits per heavy atom. The van der Waals surface area contributed by atoms with E-state index in [2.05, 4.69) is 0 Å². The fraction of sp³-hybridized carbons (Fsp3) is 0.400. The maximum atomic E-state index is 10.6. The molecule has 1 aliphatic carbocycles. The van der Waals surface area contributed by atoms with Gasteiger partial charge >= 0.3 is 0 Å². The summed E-state index contributed by atoms with van der Waals surface area (Å²) in [6.45, 7) is 0. The van der Waals surface area contributed by atoms with Crippen molar-refractivity contribution in [3.8, 4) is 11.5 Å². The Hall–Kier alpha value is -2.44. The molecular formula is C20H26N2O4. The number of aliphatic hydroxyl groups excluding tert-OH is 2.